The number of likely N-dealkylation sites (tertiary alicyclic amines) is 1. The van der Waals surface area contributed by atoms with Crippen molar-refractivity contribution in [1.82, 2.24) is 19.7 Å². The summed E-state index contributed by atoms with van der Waals surface area (Å²) in [6.07, 6.45) is 5.97. The van der Waals surface area contributed by atoms with E-state index in [0.29, 0.717) is 5.92 Å². The standard InChI is InChI=1S/C24H30N4O/c1-17(2)23-22(18-9-4-3-5-10-18)25-24(29-23)21-12-8-13-27(21)16-19-15-20-11-6-7-14-28(20)26-19/h3-5,9-10,15,17,21H,6-8,11-14,16H2,1-2H3. The summed E-state index contributed by atoms with van der Waals surface area (Å²) in [6.45, 7) is 7.38. The van der Waals surface area contributed by atoms with Crippen LogP contribution in [0.3, 0.4) is 0 Å². The van der Waals surface area contributed by atoms with Gasteiger partial charge in [0.2, 0.25) is 5.89 Å². The van der Waals surface area contributed by atoms with Crippen LogP contribution in [0, 0.1) is 0 Å². The Morgan fingerprint density at radius 3 is 2.76 bits per heavy atom. The Hall–Kier alpha value is -2.40. The molecule has 5 nitrogen and oxygen atoms in total. The third kappa shape index (κ3) is 3.64. The number of hydrogen-bond acceptors (Lipinski definition) is 4. The van der Waals surface area contributed by atoms with E-state index in [4.69, 9.17) is 14.5 Å². The van der Waals surface area contributed by atoms with Gasteiger partial charge in [0.05, 0.1) is 11.7 Å². The number of nitrogens with zero attached hydrogens (tertiary/aromatic N) is 4. The highest BCUT2D eigenvalue weighted by atomic mass is 16.4. The second-order valence-electron chi connectivity index (χ2n) is 8.72. The average Bonchev–Trinajstić information content (AvgIpc) is 3.46. The molecule has 4 heterocycles. The molecule has 2 aliphatic heterocycles. The minimum Gasteiger partial charge on any atom is -0.443 e. The molecule has 2 aromatic heterocycles. The maximum atomic E-state index is 6.39. The van der Waals surface area contributed by atoms with Crippen molar-refractivity contribution in [3.63, 3.8) is 0 Å². The number of aromatic nitrogens is 3. The van der Waals surface area contributed by atoms with E-state index in [1.807, 2.05) is 6.07 Å². The van der Waals surface area contributed by atoms with E-state index in [1.165, 1.54) is 30.7 Å². The smallest absolute Gasteiger partial charge is 0.212 e. The van der Waals surface area contributed by atoms with Gasteiger partial charge in [-0.25, -0.2) is 4.98 Å². The van der Waals surface area contributed by atoms with Gasteiger partial charge < -0.3 is 4.42 Å². The molecule has 0 saturated carbocycles. The summed E-state index contributed by atoms with van der Waals surface area (Å²) in [5.41, 5.74) is 4.72. The molecule has 1 unspecified atom stereocenters. The zero-order valence-electron chi connectivity index (χ0n) is 17.5. The number of fused-ring (bicyclic) bond motifs is 1. The topological polar surface area (TPSA) is 47.1 Å². The van der Waals surface area contributed by atoms with Crippen LogP contribution < -0.4 is 0 Å². The highest BCUT2D eigenvalue weighted by Gasteiger charge is 2.32. The molecule has 0 bridgehead atoms. The summed E-state index contributed by atoms with van der Waals surface area (Å²) in [5, 5.41) is 4.86. The molecular weight excluding hydrogens is 360 g/mol. The van der Waals surface area contributed by atoms with Gasteiger partial charge in [0.25, 0.3) is 0 Å². The molecule has 1 aromatic carbocycles. The van der Waals surface area contributed by atoms with Crippen LogP contribution in [0.1, 0.15) is 74.5 Å². The first-order valence-corrected chi connectivity index (χ1v) is 11.0. The van der Waals surface area contributed by atoms with Crippen molar-refractivity contribution in [2.75, 3.05) is 6.54 Å². The predicted molar refractivity (Wildman–Crippen MR) is 114 cm³/mol. The normalized spacial score (nSPS) is 19.8. The molecule has 2 aliphatic rings. The lowest BCUT2D eigenvalue weighted by Gasteiger charge is -2.20. The minimum absolute atomic E-state index is 0.240. The van der Waals surface area contributed by atoms with Crippen molar-refractivity contribution in [2.45, 2.75) is 71.0 Å². The highest BCUT2D eigenvalue weighted by molar-refractivity contribution is 5.61. The fourth-order valence-corrected chi connectivity index (χ4v) is 4.74. The molecule has 0 spiro atoms. The van der Waals surface area contributed by atoms with Gasteiger partial charge in [0, 0.05) is 30.3 Å². The van der Waals surface area contributed by atoms with Crippen LogP contribution in [0.4, 0.5) is 0 Å². The van der Waals surface area contributed by atoms with E-state index in [2.05, 4.69) is 53.8 Å². The summed E-state index contributed by atoms with van der Waals surface area (Å²) < 4.78 is 8.59. The first-order valence-electron chi connectivity index (χ1n) is 11.0. The van der Waals surface area contributed by atoms with Crippen molar-refractivity contribution in [2.24, 2.45) is 0 Å². The van der Waals surface area contributed by atoms with Crippen molar-refractivity contribution < 1.29 is 4.42 Å². The molecule has 1 saturated heterocycles. The van der Waals surface area contributed by atoms with E-state index < -0.39 is 0 Å². The number of rotatable bonds is 5. The Balaban J connectivity index is 1.41. The van der Waals surface area contributed by atoms with Crippen LogP contribution in [-0.2, 0) is 19.5 Å². The maximum Gasteiger partial charge on any atom is 0.212 e. The quantitative estimate of drug-likeness (QED) is 0.590. The fraction of sp³-hybridized carbons (Fsp3) is 0.500. The third-order valence-electron chi connectivity index (χ3n) is 6.22. The van der Waals surface area contributed by atoms with Crippen LogP contribution in [0.25, 0.3) is 11.3 Å². The van der Waals surface area contributed by atoms with Crippen LogP contribution in [0.2, 0.25) is 0 Å². The van der Waals surface area contributed by atoms with E-state index >= 15 is 0 Å². The highest BCUT2D eigenvalue weighted by Crippen LogP contribution is 2.37. The van der Waals surface area contributed by atoms with Crippen LogP contribution in [0.15, 0.2) is 40.8 Å². The number of benzene rings is 1. The van der Waals surface area contributed by atoms with Gasteiger partial charge in [-0.1, -0.05) is 44.2 Å². The van der Waals surface area contributed by atoms with E-state index in [-0.39, 0.29) is 6.04 Å². The monoisotopic (exact) mass is 390 g/mol. The Morgan fingerprint density at radius 1 is 1.10 bits per heavy atom. The molecule has 0 aliphatic carbocycles. The van der Waals surface area contributed by atoms with Gasteiger partial charge in [-0.15, -0.1) is 0 Å². The summed E-state index contributed by atoms with van der Waals surface area (Å²) in [7, 11) is 0. The molecule has 5 heteroatoms. The second-order valence-corrected chi connectivity index (χ2v) is 8.72. The maximum absolute atomic E-state index is 6.39. The van der Waals surface area contributed by atoms with E-state index in [1.54, 1.807) is 0 Å². The molecule has 3 aromatic rings. The molecule has 0 radical (unpaired) electrons. The van der Waals surface area contributed by atoms with Gasteiger partial charge in [-0.2, -0.15) is 5.10 Å². The third-order valence-corrected chi connectivity index (χ3v) is 6.22. The first-order chi connectivity index (χ1) is 14.2. The average molecular weight is 391 g/mol. The number of hydrogen-bond donors (Lipinski definition) is 0. The molecular formula is C24H30N4O. The van der Waals surface area contributed by atoms with Gasteiger partial charge >= 0.3 is 0 Å². The molecule has 152 valence electrons. The van der Waals surface area contributed by atoms with Crippen LogP contribution in [0.5, 0.6) is 0 Å². The lowest BCUT2D eigenvalue weighted by atomic mass is 10.0. The number of oxazole rings is 1. The van der Waals surface area contributed by atoms with Crippen LogP contribution in [-0.4, -0.2) is 26.2 Å². The molecule has 1 atom stereocenters. The van der Waals surface area contributed by atoms with Crippen molar-refractivity contribution in [3.8, 4) is 11.3 Å². The van der Waals surface area contributed by atoms with Crippen LogP contribution >= 0.6 is 0 Å². The zero-order valence-corrected chi connectivity index (χ0v) is 17.5. The van der Waals surface area contributed by atoms with Gasteiger partial charge in [-0.3, -0.25) is 9.58 Å². The summed E-state index contributed by atoms with van der Waals surface area (Å²) in [6, 6.07) is 13.0. The Bertz CT molecular complexity index is 949. The zero-order chi connectivity index (χ0) is 19.8. The Morgan fingerprint density at radius 2 is 1.97 bits per heavy atom. The molecule has 0 amide bonds. The van der Waals surface area contributed by atoms with Crippen molar-refractivity contribution in [1.29, 1.82) is 0 Å². The van der Waals surface area contributed by atoms with Gasteiger partial charge in [-0.05, 0) is 44.7 Å². The predicted octanol–water partition coefficient (Wildman–Crippen LogP) is 5.33. The fourth-order valence-electron chi connectivity index (χ4n) is 4.74. The number of aryl methyl sites for hydroxylation is 2. The lowest BCUT2D eigenvalue weighted by Crippen LogP contribution is -2.23. The van der Waals surface area contributed by atoms with Gasteiger partial charge in [0.1, 0.15) is 11.5 Å². The largest absolute Gasteiger partial charge is 0.443 e. The van der Waals surface area contributed by atoms with E-state index in [9.17, 15) is 0 Å². The molecule has 5 rings (SSSR count). The summed E-state index contributed by atoms with van der Waals surface area (Å²) in [5.74, 6) is 2.17. The SMILES string of the molecule is CC(C)c1oc(C2CCCN2Cc2cc3n(n2)CCCC3)nc1-c1ccccc1. The second kappa shape index (κ2) is 7.79. The molecule has 0 N–H and O–H groups in total. The van der Waals surface area contributed by atoms with E-state index in [0.717, 1.165) is 55.4 Å². The van der Waals surface area contributed by atoms with Crippen molar-refractivity contribution in [3.05, 3.63) is 59.4 Å². The summed E-state index contributed by atoms with van der Waals surface area (Å²) >= 11 is 0. The summed E-state index contributed by atoms with van der Waals surface area (Å²) in [4.78, 5) is 7.51. The van der Waals surface area contributed by atoms with Crippen molar-refractivity contribution >= 4 is 0 Å². The van der Waals surface area contributed by atoms with Gasteiger partial charge in [0.15, 0.2) is 0 Å². The molecule has 1 fully saturated rings. The Kier molecular flexibility index (Phi) is 5.00. The first kappa shape index (κ1) is 18.6. The lowest BCUT2D eigenvalue weighted by molar-refractivity contribution is 0.208. The Labute approximate surface area is 172 Å². The minimum atomic E-state index is 0.240. The molecule has 29 heavy (non-hydrogen) atoms.